The van der Waals surface area contributed by atoms with E-state index in [1.165, 1.54) is 4.31 Å². The van der Waals surface area contributed by atoms with Crippen LogP contribution in [0.5, 0.6) is 0 Å². The van der Waals surface area contributed by atoms with Gasteiger partial charge >= 0.3 is 0 Å². The molecule has 5 nitrogen and oxygen atoms in total. The minimum Gasteiger partial charge on any atom is -0.381 e. The van der Waals surface area contributed by atoms with Gasteiger partial charge in [-0.25, -0.2) is 8.42 Å². The van der Waals surface area contributed by atoms with Crippen LogP contribution in [0.25, 0.3) is 0 Å². The first-order valence-electron chi connectivity index (χ1n) is 7.21. The van der Waals surface area contributed by atoms with Crippen molar-refractivity contribution in [2.45, 2.75) is 36.7 Å². The molecule has 2 aliphatic rings. The molecule has 1 saturated heterocycles. The van der Waals surface area contributed by atoms with Gasteiger partial charge in [-0.1, -0.05) is 0 Å². The maximum Gasteiger partial charge on any atom is 0.247 e. The SMILES string of the molecule is COC1CC2(CCN(S(=O)(=O)c3ccc(F)nc3F)CC2)C1. The smallest absolute Gasteiger partial charge is 0.247 e. The van der Waals surface area contributed by atoms with Gasteiger partial charge in [-0.2, -0.15) is 18.1 Å². The van der Waals surface area contributed by atoms with Crippen molar-refractivity contribution >= 4 is 10.0 Å². The predicted molar refractivity (Wildman–Crippen MR) is 74.6 cm³/mol. The Labute approximate surface area is 128 Å². The van der Waals surface area contributed by atoms with E-state index in [-0.39, 0.29) is 11.5 Å². The number of sulfonamides is 1. The van der Waals surface area contributed by atoms with Crippen LogP contribution in [0, 0.1) is 17.3 Å². The molecule has 0 amide bonds. The van der Waals surface area contributed by atoms with Gasteiger partial charge in [-0.15, -0.1) is 0 Å². The van der Waals surface area contributed by atoms with Gasteiger partial charge in [0.15, 0.2) is 0 Å². The number of halogens is 2. The summed E-state index contributed by atoms with van der Waals surface area (Å²) in [5.41, 5.74) is 0.159. The quantitative estimate of drug-likeness (QED) is 0.794. The maximum atomic E-state index is 13.7. The third-order valence-corrected chi connectivity index (χ3v) is 6.74. The van der Waals surface area contributed by atoms with E-state index in [0.29, 0.717) is 13.1 Å². The fourth-order valence-corrected chi connectivity index (χ4v) is 4.85. The molecule has 22 heavy (non-hydrogen) atoms. The lowest BCUT2D eigenvalue weighted by molar-refractivity contribution is -0.0804. The Morgan fingerprint density at radius 2 is 1.91 bits per heavy atom. The van der Waals surface area contributed by atoms with E-state index < -0.39 is 26.8 Å². The summed E-state index contributed by atoms with van der Waals surface area (Å²) >= 11 is 0. The number of ether oxygens (including phenoxy) is 1. The first kappa shape index (κ1) is 15.8. The molecule has 2 heterocycles. The largest absolute Gasteiger partial charge is 0.381 e. The standard InChI is InChI=1S/C14H18F2N2O3S/c1-21-10-8-14(9-10)4-6-18(7-5-14)22(19,20)11-2-3-12(15)17-13(11)16/h2-3,10H,4-9H2,1H3. The van der Waals surface area contributed by atoms with Crippen LogP contribution in [0.2, 0.25) is 0 Å². The second kappa shape index (κ2) is 5.50. The van der Waals surface area contributed by atoms with Gasteiger partial charge < -0.3 is 4.74 Å². The molecule has 8 heteroatoms. The molecule has 122 valence electrons. The average molecular weight is 332 g/mol. The second-order valence-corrected chi connectivity index (χ2v) is 8.00. The highest BCUT2D eigenvalue weighted by atomic mass is 32.2. The summed E-state index contributed by atoms with van der Waals surface area (Å²) in [7, 11) is -2.28. The Morgan fingerprint density at radius 1 is 1.27 bits per heavy atom. The number of hydrogen-bond acceptors (Lipinski definition) is 4. The van der Waals surface area contributed by atoms with Crippen molar-refractivity contribution in [1.29, 1.82) is 0 Å². The maximum absolute atomic E-state index is 13.7. The van der Waals surface area contributed by atoms with Crippen LogP contribution in [0.1, 0.15) is 25.7 Å². The Morgan fingerprint density at radius 3 is 2.45 bits per heavy atom. The number of aromatic nitrogens is 1. The number of methoxy groups -OCH3 is 1. The molecule has 0 radical (unpaired) electrons. The van der Waals surface area contributed by atoms with Crippen molar-refractivity contribution in [2.75, 3.05) is 20.2 Å². The van der Waals surface area contributed by atoms with Gasteiger partial charge in [0.25, 0.3) is 0 Å². The summed E-state index contributed by atoms with van der Waals surface area (Å²) in [4.78, 5) is 2.39. The van der Waals surface area contributed by atoms with E-state index in [0.717, 1.165) is 37.8 Å². The minimum atomic E-state index is -3.96. The molecular weight excluding hydrogens is 314 g/mol. The first-order valence-corrected chi connectivity index (χ1v) is 8.65. The molecule has 1 aliphatic heterocycles. The summed E-state index contributed by atoms with van der Waals surface area (Å²) in [6.07, 6.45) is 3.64. The van der Waals surface area contributed by atoms with Gasteiger partial charge in [-0.05, 0) is 43.2 Å². The molecule has 1 saturated carbocycles. The minimum absolute atomic E-state index is 0.159. The van der Waals surface area contributed by atoms with Gasteiger partial charge in [0.2, 0.25) is 21.9 Å². The van der Waals surface area contributed by atoms with Crippen LogP contribution in [0.4, 0.5) is 8.78 Å². The highest BCUT2D eigenvalue weighted by molar-refractivity contribution is 7.89. The second-order valence-electron chi connectivity index (χ2n) is 6.09. The molecule has 0 aromatic carbocycles. The van der Waals surface area contributed by atoms with Crippen LogP contribution < -0.4 is 0 Å². The van der Waals surface area contributed by atoms with Crippen molar-refractivity contribution in [1.82, 2.24) is 9.29 Å². The molecule has 1 spiro atoms. The Balaban J connectivity index is 1.72. The number of rotatable bonds is 3. The fourth-order valence-electron chi connectivity index (χ4n) is 3.41. The van der Waals surface area contributed by atoms with E-state index in [4.69, 9.17) is 4.74 Å². The van der Waals surface area contributed by atoms with E-state index >= 15 is 0 Å². The Bertz CT molecular complexity index is 665. The zero-order valence-electron chi connectivity index (χ0n) is 12.3. The Kier molecular flexibility index (Phi) is 3.94. The summed E-state index contributed by atoms with van der Waals surface area (Å²) < 4.78 is 57.9. The molecule has 1 aromatic heterocycles. The van der Waals surface area contributed by atoms with E-state index in [9.17, 15) is 17.2 Å². The van der Waals surface area contributed by atoms with Crippen molar-refractivity contribution < 1.29 is 21.9 Å². The van der Waals surface area contributed by atoms with Gasteiger partial charge in [0.05, 0.1) is 6.10 Å². The predicted octanol–water partition coefficient (Wildman–Crippen LogP) is 1.94. The van der Waals surface area contributed by atoms with Crippen LogP contribution >= 0.6 is 0 Å². The molecule has 0 unspecified atom stereocenters. The summed E-state index contributed by atoms with van der Waals surface area (Å²) in [5, 5.41) is 0. The lowest BCUT2D eigenvalue weighted by Crippen LogP contribution is -2.50. The third-order valence-electron chi connectivity index (χ3n) is 4.84. The fraction of sp³-hybridized carbons (Fsp3) is 0.643. The number of pyridine rings is 1. The lowest BCUT2D eigenvalue weighted by atomic mass is 9.62. The van der Waals surface area contributed by atoms with E-state index in [1.807, 2.05) is 0 Å². The normalized spacial score (nSPS) is 22.7. The monoisotopic (exact) mass is 332 g/mol. The van der Waals surface area contributed by atoms with Crippen LogP contribution in [-0.2, 0) is 14.8 Å². The van der Waals surface area contributed by atoms with Crippen molar-refractivity contribution in [3.05, 3.63) is 24.0 Å². The molecule has 0 atom stereocenters. The summed E-state index contributed by atoms with van der Waals surface area (Å²) in [5.74, 6) is -2.32. The molecule has 3 rings (SSSR count). The molecule has 0 N–H and O–H groups in total. The van der Waals surface area contributed by atoms with Crippen molar-refractivity contribution in [3.8, 4) is 0 Å². The summed E-state index contributed by atoms with van der Waals surface area (Å²) in [6, 6.07) is 1.79. The van der Waals surface area contributed by atoms with Crippen molar-refractivity contribution in [2.24, 2.45) is 5.41 Å². The van der Waals surface area contributed by atoms with Crippen LogP contribution in [0.15, 0.2) is 17.0 Å². The van der Waals surface area contributed by atoms with E-state index in [1.54, 1.807) is 7.11 Å². The highest BCUT2D eigenvalue weighted by Crippen LogP contribution is 2.50. The third kappa shape index (κ3) is 2.63. The Hall–Kier alpha value is -1.12. The molecule has 1 aromatic rings. The summed E-state index contributed by atoms with van der Waals surface area (Å²) in [6.45, 7) is 0.686. The van der Waals surface area contributed by atoms with Gasteiger partial charge in [-0.3, -0.25) is 0 Å². The van der Waals surface area contributed by atoms with Crippen LogP contribution in [0.3, 0.4) is 0 Å². The molecule has 0 bridgehead atoms. The van der Waals surface area contributed by atoms with Crippen molar-refractivity contribution in [3.63, 3.8) is 0 Å². The van der Waals surface area contributed by atoms with E-state index in [2.05, 4.69) is 4.98 Å². The number of nitrogens with zero attached hydrogens (tertiary/aromatic N) is 2. The average Bonchev–Trinajstić information content (AvgIpc) is 2.44. The number of piperidine rings is 1. The van der Waals surface area contributed by atoms with Crippen LogP contribution in [-0.4, -0.2) is 44.0 Å². The molecular formula is C14H18F2N2O3S. The zero-order valence-corrected chi connectivity index (χ0v) is 13.1. The highest BCUT2D eigenvalue weighted by Gasteiger charge is 2.47. The lowest BCUT2D eigenvalue weighted by Gasteiger charge is -2.51. The molecule has 2 fully saturated rings. The topological polar surface area (TPSA) is 59.5 Å². The van der Waals surface area contributed by atoms with Gasteiger partial charge in [0.1, 0.15) is 4.90 Å². The zero-order chi connectivity index (χ0) is 16.0. The first-order chi connectivity index (χ1) is 10.4. The number of hydrogen-bond donors (Lipinski definition) is 0. The molecule has 1 aliphatic carbocycles. The van der Waals surface area contributed by atoms with Gasteiger partial charge in [0, 0.05) is 20.2 Å².